The Labute approximate surface area is 336 Å². The average Bonchev–Trinajstić information content (AvgIpc) is 4.02. The second-order valence-corrected chi connectivity index (χ2v) is 16.0. The summed E-state index contributed by atoms with van der Waals surface area (Å²) >= 11 is 0. The SMILES string of the molecule is c1ccc(-n2c3ccc(-n4c5ccccc5c5ccccc54)cc3c3ccc4c(c32)-c2cc(C3(c5ccccc5)c5ccccc5-c5ccccc53)ccc2C4)cc1. The molecule has 0 saturated heterocycles. The summed E-state index contributed by atoms with van der Waals surface area (Å²) in [5.41, 5.74) is 20.2. The third kappa shape index (κ3) is 4.11. The third-order valence-corrected chi connectivity index (χ3v) is 13.2. The van der Waals surface area contributed by atoms with Gasteiger partial charge in [-0.05, 0) is 105 Å². The van der Waals surface area contributed by atoms with Crippen molar-refractivity contribution in [3.8, 4) is 33.6 Å². The van der Waals surface area contributed by atoms with Crippen LogP contribution in [0.15, 0.2) is 206 Å². The zero-order valence-electron chi connectivity index (χ0n) is 31.7. The van der Waals surface area contributed by atoms with Crippen molar-refractivity contribution in [3.05, 3.63) is 240 Å². The molecule has 0 radical (unpaired) electrons. The molecule has 2 nitrogen and oxygen atoms in total. The van der Waals surface area contributed by atoms with E-state index < -0.39 is 5.41 Å². The molecule has 58 heavy (non-hydrogen) atoms. The van der Waals surface area contributed by atoms with Gasteiger partial charge in [-0.25, -0.2) is 0 Å². The smallest absolute Gasteiger partial charge is 0.0713 e. The molecular weight excluding hydrogens is 701 g/mol. The first-order chi connectivity index (χ1) is 28.8. The fourth-order valence-corrected chi connectivity index (χ4v) is 10.9. The third-order valence-electron chi connectivity index (χ3n) is 13.2. The van der Waals surface area contributed by atoms with E-state index in [9.17, 15) is 0 Å². The van der Waals surface area contributed by atoms with E-state index in [-0.39, 0.29) is 0 Å². The molecule has 13 rings (SSSR count). The maximum atomic E-state index is 2.54. The van der Waals surface area contributed by atoms with Crippen molar-refractivity contribution < 1.29 is 0 Å². The predicted octanol–water partition coefficient (Wildman–Crippen LogP) is 13.8. The first kappa shape index (κ1) is 31.7. The summed E-state index contributed by atoms with van der Waals surface area (Å²) in [5.74, 6) is 0. The Balaban J connectivity index is 1.10. The molecule has 270 valence electrons. The van der Waals surface area contributed by atoms with Crippen LogP contribution in [0.2, 0.25) is 0 Å². The van der Waals surface area contributed by atoms with Crippen LogP contribution in [0.25, 0.3) is 77.2 Å². The standard InChI is InChI=1S/C56H36N2/c1-3-15-38(16-4-1)56(49-23-11-7-19-42(49)43-20-8-12-24-50(43)56)39-29-27-36-33-37-28-31-46-48-35-41(57-51-25-13-9-21-44(51)45-22-10-14-26-52(45)57)30-32-53(48)58(40-17-5-2-6-18-40)55(46)54(37)47(36)34-39/h1-32,34-35H,33H2. The molecule has 2 heterocycles. The summed E-state index contributed by atoms with van der Waals surface area (Å²) in [6, 6.07) is 77.0. The van der Waals surface area contributed by atoms with Gasteiger partial charge in [0.2, 0.25) is 0 Å². The zero-order valence-corrected chi connectivity index (χ0v) is 31.7. The monoisotopic (exact) mass is 736 g/mol. The maximum Gasteiger partial charge on any atom is 0.0713 e. The van der Waals surface area contributed by atoms with Crippen LogP contribution in [-0.2, 0) is 11.8 Å². The van der Waals surface area contributed by atoms with Crippen LogP contribution in [0, 0.1) is 0 Å². The normalized spacial score (nSPS) is 13.6. The highest BCUT2D eigenvalue weighted by Crippen LogP contribution is 2.57. The fraction of sp³-hybridized carbons (Fsp3) is 0.0357. The number of nitrogens with zero attached hydrogens (tertiary/aromatic N) is 2. The summed E-state index contributed by atoms with van der Waals surface area (Å²) in [4.78, 5) is 0. The van der Waals surface area contributed by atoms with Crippen molar-refractivity contribution in [2.45, 2.75) is 11.8 Å². The number of para-hydroxylation sites is 3. The number of hydrogen-bond acceptors (Lipinski definition) is 0. The Bertz CT molecular complexity index is 3380. The molecule has 0 bridgehead atoms. The maximum absolute atomic E-state index is 2.54. The van der Waals surface area contributed by atoms with Crippen molar-refractivity contribution in [3.63, 3.8) is 0 Å². The molecule has 0 spiro atoms. The van der Waals surface area contributed by atoms with Crippen molar-refractivity contribution in [2.24, 2.45) is 0 Å². The lowest BCUT2D eigenvalue weighted by molar-refractivity contribution is 0.768. The van der Waals surface area contributed by atoms with Gasteiger partial charge in [0.1, 0.15) is 0 Å². The number of fused-ring (bicyclic) bond motifs is 13. The number of hydrogen-bond donors (Lipinski definition) is 0. The molecule has 0 unspecified atom stereocenters. The Morgan fingerprint density at radius 3 is 1.64 bits per heavy atom. The van der Waals surface area contributed by atoms with Gasteiger partial charge in [-0.2, -0.15) is 0 Å². The van der Waals surface area contributed by atoms with Crippen LogP contribution < -0.4 is 0 Å². The molecule has 0 aliphatic heterocycles. The molecule has 0 atom stereocenters. The van der Waals surface area contributed by atoms with Crippen LogP contribution in [0.4, 0.5) is 0 Å². The van der Waals surface area contributed by atoms with Crippen LogP contribution in [0.5, 0.6) is 0 Å². The molecule has 0 saturated carbocycles. The number of benzene rings is 9. The lowest BCUT2D eigenvalue weighted by Crippen LogP contribution is -2.28. The van der Waals surface area contributed by atoms with Gasteiger partial charge >= 0.3 is 0 Å². The summed E-state index contributed by atoms with van der Waals surface area (Å²) in [5, 5.41) is 5.07. The van der Waals surface area contributed by atoms with Crippen LogP contribution in [0.3, 0.4) is 0 Å². The first-order valence-corrected chi connectivity index (χ1v) is 20.3. The first-order valence-electron chi connectivity index (χ1n) is 20.3. The van der Waals surface area contributed by atoms with Gasteiger partial charge in [0, 0.05) is 38.5 Å². The van der Waals surface area contributed by atoms with Gasteiger partial charge in [0.15, 0.2) is 0 Å². The Morgan fingerprint density at radius 2 is 0.931 bits per heavy atom. The van der Waals surface area contributed by atoms with Gasteiger partial charge in [0.05, 0.1) is 27.5 Å². The largest absolute Gasteiger partial charge is 0.309 e. The van der Waals surface area contributed by atoms with Gasteiger partial charge in [-0.15, -0.1) is 0 Å². The van der Waals surface area contributed by atoms with E-state index in [1.54, 1.807) is 0 Å². The summed E-state index contributed by atoms with van der Waals surface area (Å²) in [7, 11) is 0. The molecular formula is C56H36N2. The molecule has 2 aromatic heterocycles. The molecule has 2 aliphatic rings. The van der Waals surface area contributed by atoms with Crippen LogP contribution in [0.1, 0.15) is 33.4 Å². The van der Waals surface area contributed by atoms with E-state index in [1.165, 1.54) is 111 Å². The highest BCUT2D eigenvalue weighted by molar-refractivity contribution is 6.16. The van der Waals surface area contributed by atoms with Gasteiger partial charge in [0.25, 0.3) is 0 Å². The second kappa shape index (κ2) is 11.8. The molecule has 0 fully saturated rings. The Kier molecular flexibility index (Phi) is 6.46. The summed E-state index contributed by atoms with van der Waals surface area (Å²) in [6.07, 6.45) is 0.912. The number of aromatic nitrogens is 2. The van der Waals surface area contributed by atoms with Crippen molar-refractivity contribution in [1.29, 1.82) is 0 Å². The molecule has 0 amide bonds. The minimum atomic E-state index is -0.455. The van der Waals surface area contributed by atoms with E-state index in [0.29, 0.717) is 0 Å². The van der Waals surface area contributed by atoms with E-state index in [4.69, 9.17) is 0 Å². The van der Waals surface area contributed by atoms with Gasteiger partial charge in [-0.3, -0.25) is 0 Å². The van der Waals surface area contributed by atoms with Crippen molar-refractivity contribution >= 4 is 43.6 Å². The minimum absolute atomic E-state index is 0.455. The van der Waals surface area contributed by atoms with Crippen LogP contribution >= 0.6 is 0 Å². The highest BCUT2D eigenvalue weighted by atomic mass is 15.0. The Morgan fingerprint density at radius 1 is 0.345 bits per heavy atom. The van der Waals surface area contributed by atoms with E-state index in [2.05, 4.69) is 215 Å². The highest BCUT2D eigenvalue weighted by Gasteiger charge is 2.46. The van der Waals surface area contributed by atoms with Gasteiger partial charge in [-0.1, -0.05) is 158 Å². The quantitative estimate of drug-likeness (QED) is 0.170. The van der Waals surface area contributed by atoms with Crippen molar-refractivity contribution in [1.82, 2.24) is 9.13 Å². The minimum Gasteiger partial charge on any atom is -0.309 e. The average molecular weight is 737 g/mol. The Hall–Kier alpha value is -7.42. The lowest BCUT2D eigenvalue weighted by atomic mass is 9.67. The van der Waals surface area contributed by atoms with Gasteiger partial charge < -0.3 is 9.13 Å². The molecule has 9 aromatic carbocycles. The zero-order chi connectivity index (χ0) is 38.0. The molecule has 0 N–H and O–H groups in total. The number of rotatable bonds is 4. The second-order valence-electron chi connectivity index (χ2n) is 16.0. The van der Waals surface area contributed by atoms with E-state index in [0.717, 1.165) is 6.42 Å². The van der Waals surface area contributed by atoms with Crippen molar-refractivity contribution in [2.75, 3.05) is 0 Å². The summed E-state index contributed by atoms with van der Waals surface area (Å²) in [6.45, 7) is 0. The van der Waals surface area contributed by atoms with E-state index >= 15 is 0 Å². The fourth-order valence-electron chi connectivity index (χ4n) is 10.9. The summed E-state index contributed by atoms with van der Waals surface area (Å²) < 4.78 is 4.96. The topological polar surface area (TPSA) is 9.86 Å². The van der Waals surface area contributed by atoms with Crippen LogP contribution in [-0.4, -0.2) is 9.13 Å². The predicted molar refractivity (Wildman–Crippen MR) is 241 cm³/mol. The lowest BCUT2D eigenvalue weighted by Gasteiger charge is -2.34. The molecule has 11 aromatic rings. The molecule has 2 heteroatoms. The van der Waals surface area contributed by atoms with E-state index in [1.807, 2.05) is 0 Å². The molecule has 2 aliphatic carbocycles.